The molecule has 0 aromatic carbocycles. The Hall–Kier alpha value is -0.130. The van der Waals surface area contributed by atoms with Crippen LogP contribution in [0.3, 0.4) is 0 Å². The molecule has 1 unspecified atom stereocenters. The number of hydrogen-bond acceptors (Lipinski definition) is 4. The minimum Gasteiger partial charge on any atom is -0.253 e. The lowest BCUT2D eigenvalue weighted by molar-refractivity contribution is 0.678. The van der Waals surface area contributed by atoms with Crippen molar-refractivity contribution < 1.29 is 4.21 Å². The zero-order valence-electron chi connectivity index (χ0n) is 5.83. The molecule has 1 heterocycles. The summed E-state index contributed by atoms with van der Waals surface area (Å²) in [5.41, 5.74) is 0. The lowest BCUT2D eigenvalue weighted by Gasteiger charge is -1.93. The van der Waals surface area contributed by atoms with Crippen LogP contribution in [-0.4, -0.2) is 15.4 Å². The molecular weight excluding hydrogens is 204 g/mol. The summed E-state index contributed by atoms with van der Waals surface area (Å²) in [5, 5.41) is 0. The van der Waals surface area contributed by atoms with E-state index in [1.54, 1.807) is 6.20 Å². The fourth-order valence-electron chi connectivity index (χ4n) is 0.622. The van der Waals surface area contributed by atoms with E-state index in [1.807, 2.05) is 0 Å². The maximum absolute atomic E-state index is 11.0. The van der Waals surface area contributed by atoms with Crippen LogP contribution in [0.15, 0.2) is 6.20 Å². The van der Waals surface area contributed by atoms with Gasteiger partial charge in [0, 0.05) is 27.1 Å². The van der Waals surface area contributed by atoms with E-state index >= 15 is 0 Å². The van der Waals surface area contributed by atoms with Gasteiger partial charge in [0.1, 0.15) is 0 Å². The first-order chi connectivity index (χ1) is 4.97. The van der Waals surface area contributed by atoms with Crippen molar-refractivity contribution in [1.29, 1.82) is 4.78 Å². The molecule has 0 fully saturated rings. The molecule has 0 radical (unpaired) electrons. The SMILES string of the molecule is CS(=N)(=O)Cc1cnc(Cl)s1. The average Bonchev–Trinajstić information content (AvgIpc) is 2.10. The molecule has 0 aliphatic carbocycles. The molecule has 0 aliphatic heterocycles. The summed E-state index contributed by atoms with van der Waals surface area (Å²) in [6.07, 6.45) is 2.96. The van der Waals surface area contributed by atoms with E-state index in [1.165, 1.54) is 17.6 Å². The molecule has 0 amide bonds. The van der Waals surface area contributed by atoms with Crippen molar-refractivity contribution in [3.63, 3.8) is 0 Å². The predicted molar refractivity (Wildman–Crippen MR) is 47.6 cm³/mol. The van der Waals surface area contributed by atoms with E-state index in [0.29, 0.717) is 4.47 Å². The van der Waals surface area contributed by atoms with E-state index in [4.69, 9.17) is 16.4 Å². The highest BCUT2D eigenvalue weighted by Gasteiger charge is 2.04. The molecule has 6 heteroatoms. The number of thiazole rings is 1. The minimum absolute atomic E-state index is 0.247. The lowest BCUT2D eigenvalue weighted by Crippen LogP contribution is -1.95. The monoisotopic (exact) mass is 210 g/mol. The van der Waals surface area contributed by atoms with E-state index in [2.05, 4.69) is 4.98 Å². The van der Waals surface area contributed by atoms with Crippen LogP contribution in [0.2, 0.25) is 4.47 Å². The van der Waals surface area contributed by atoms with Gasteiger partial charge in [0.25, 0.3) is 0 Å². The van der Waals surface area contributed by atoms with Crippen LogP contribution >= 0.6 is 22.9 Å². The molecule has 1 N–H and O–H groups in total. The normalized spacial score (nSPS) is 16.2. The second kappa shape index (κ2) is 3.08. The Morgan fingerprint density at radius 2 is 2.55 bits per heavy atom. The van der Waals surface area contributed by atoms with E-state index in [9.17, 15) is 4.21 Å². The van der Waals surface area contributed by atoms with Gasteiger partial charge in [-0.05, 0) is 0 Å². The molecule has 1 atom stereocenters. The van der Waals surface area contributed by atoms with Crippen molar-refractivity contribution in [2.45, 2.75) is 5.75 Å². The Morgan fingerprint density at radius 3 is 2.91 bits per heavy atom. The van der Waals surface area contributed by atoms with Gasteiger partial charge < -0.3 is 0 Å². The number of hydrogen-bond donors (Lipinski definition) is 1. The summed E-state index contributed by atoms with van der Waals surface area (Å²) >= 11 is 6.81. The van der Waals surface area contributed by atoms with Gasteiger partial charge >= 0.3 is 0 Å². The molecule has 0 saturated carbocycles. The fraction of sp³-hybridized carbons (Fsp3) is 0.400. The van der Waals surface area contributed by atoms with E-state index in [0.717, 1.165) is 4.88 Å². The van der Waals surface area contributed by atoms with Crippen LogP contribution in [0, 0.1) is 4.78 Å². The van der Waals surface area contributed by atoms with E-state index < -0.39 is 9.73 Å². The number of rotatable bonds is 2. The molecule has 1 aromatic rings. The molecular formula is C5H7ClN2OS2. The summed E-state index contributed by atoms with van der Waals surface area (Å²) in [5.74, 6) is 0.247. The van der Waals surface area contributed by atoms with Crippen LogP contribution in [0.1, 0.15) is 4.88 Å². The minimum atomic E-state index is -2.45. The molecule has 0 saturated heterocycles. The smallest absolute Gasteiger partial charge is 0.183 e. The molecule has 11 heavy (non-hydrogen) atoms. The highest BCUT2D eigenvalue weighted by Crippen LogP contribution is 2.19. The van der Waals surface area contributed by atoms with Crippen LogP contribution in [0.4, 0.5) is 0 Å². The molecule has 0 spiro atoms. The van der Waals surface area contributed by atoms with Crippen molar-refractivity contribution in [3.05, 3.63) is 15.5 Å². The van der Waals surface area contributed by atoms with Crippen LogP contribution in [0.25, 0.3) is 0 Å². The van der Waals surface area contributed by atoms with Crippen LogP contribution < -0.4 is 0 Å². The third kappa shape index (κ3) is 3.18. The van der Waals surface area contributed by atoms with Crippen LogP contribution in [0.5, 0.6) is 0 Å². The van der Waals surface area contributed by atoms with Gasteiger partial charge in [0.2, 0.25) is 0 Å². The van der Waals surface area contributed by atoms with Gasteiger partial charge in [-0.2, -0.15) is 0 Å². The first kappa shape index (κ1) is 8.96. The van der Waals surface area contributed by atoms with Gasteiger partial charge in [0.15, 0.2) is 4.47 Å². The number of aromatic nitrogens is 1. The third-order valence-corrected chi connectivity index (χ3v) is 3.10. The van der Waals surface area contributed by atoms with Gasteiger partial charge in [-0.1, -0.05) is 11.6 Å². The van der Waals surface area contributed by atoms with Crippen molar-refractivity contribution in [1.82, 2.24) is 4.98 Å². The fourth-order valence-corrected chi connectivity index (χ4v) is 2.92. The van der Waals surface area contributed by atoms with Gasteiger partial charge in [-0.25, -0.2) is 9.19 Å². The van der Waals surface area contributed by atoms with Gasteiger partial charge in [-0.15, -0.1) is 11.3 Å². The summed E-state index contributed by atoms with van der Waals surface area (Å²) < 4.78 is 18.5. The summed E-state index contributed by atoms with van der Waals surface area (Å²) in [7, 11) is -2.45. The molecule has 62 valence electrons. The standard InChI is InChI=1S/C5H7ClN2OS2/c1-11(7,9)3-4-2-8-5(6)10-4/h2,7H,3H2,1H3. The molecule has 1 aromatic heterocycles. The number of halogens is 1. The summed E-state index contributed by atoms with van der Waals surface area (Å²) in [4.78, 5) is 4.58. The Kier molecular flexibility index (Phi) is 2.51. The lowest BCUT2D eigenvalue weighted by atomic mass is 10.6. The molecule has 0 aliphatic rings. The summed E-state index contributed by atoms with van der Waals surface area (Å²) in [6, 6.07) is 0. The maximum Gasteiger partial charge on any atom is 0.183 e. The molecule has 0 bridgehead atoms. The Morgan fingerprint density at radius 1 is 1.91 bits per heavy atom. The first-order valence-electron chi connectivity index (χ1n) is 2.79. The zero-order chi connectivity index (χ0) is 8.48. The Balaban J connectivity index is 2.81. The topological polar surface area (TPSA) is 53.8 Å². The second-order valence-corrected chi connectivity index (χ2v) is 6.22. The van der Waals surface area contributed by atoms with Gasteiger partial charge in [-0.3, -0.25) is 4.78 Å². The predicted octanol–water partition coefficient (Wildman–Crippen LogP) is 1.97. The molecule has 1 rings (SSSR count). The van der Waals surface area contributed by atoms with Crippen LogP contribution in [-0.2, 0) is 15.5 Å². The maximum atomic E-state index is 11.0. The van der Waals surface area contributed by atoms with Crippen molar-refractivity contribution in [3.8, 4) is 0 Å². The number of nitrogens with one attached hydrogen (secondary N) is 1. The van der Waals surface area contributed by atoms with Crippen molar-refractivity contribution in [2.24, 2.45) is 0 Å². The first-order valence-corrected chi connectivity index (χ1v) is 6.12. The second-order valence-electron chi connectivity index (χ2n) is 2.23. The largest absolute Gasteiger partial charge is 0.253 e. The number of nitrogens with zero attached hydrogens (tertiary/aromatic N) is 1. The molecule has 3 nitrogen and oxygen atoms in total. The summed E-state index contributed by atoms with van der Waals surface area (Å²) in [6.45, 7) is 0. The zero-order valence-corrected chi connectivity index (χ0v) is 8.22. The highest BCUT2D eigenvalue weighted by atomic mass is 35.5. The highest BCUT2D eigenvalue weighted by molar-refractivity contribution is 7.91. The van der Waals surface area contributed by atoms with Crippen molar-refractivity contribution >= 4 is 32.7 Å². The van der Waals surface area contributed by atoms with E-state index in [-0.39, 0.29) is 5.75 Å². The van der Waals surface area contributed by atoms with Crippen molar-refractivity contribution in [2.75, 3.05) is 6.26 Å². The quantitative estimate of drug-likeness (QED) is 0.812. The average molecular weight is 211 g/mol. The van der Waals surface area contributed by atoms with Gasteiger partial charge in [0.05, 0.1) is 5.75 Å². The third-order valence-electron chi connectivity index (χ3n) is 0.943. The Bertz CT molecular complexity index is 343. The Labute approximate surface area is 74.4 Å².